The minimum atomic E-state index is -4.11. The summed E-state index contributed by atoms with van der Waals surface area (Å²) in [5.74, 6) is 2.39. The highest BCUT2D eigenvalue weighted by Gasteiger charge is 2.29. The van der Waals surface area contributed by atoms with E-state index in [1.54, 1.807) is 32.3 Å². The van der Waals surface area contributed by atoms with Crippen LogP contribution < -0.4 is 10.7 Å². The number of ether oxygens (including phenoxy) is 5. The Labute approximate surface area is 191 Å². The third kappa shape index (κ3) is 11.0. The summed E-state index contributed by atoms with van der Waals surface area (Å²) >= 11 is 0. The summed E-state index contributed by atoms with van der Waals surface area (Å²) in [6, 6.07) is 0. The van der Waals surface area contributed by atoms with Crippen LogP contribution >= 0.6 is 7.60 Å². The van der Waals surface area contributed by atoms with Gasteiger partial charge in [0.05, 0.1) is 35.8 Å². The largest absolute Gasteiger partial charge is 0.510 e. The molecule has 0 bridgehead atoms. The monoisotopic (exact) mass is 488 g/mol. The lowest BCUT2D eigenvalue weighted by atomic mass is 10.3. The van der Waals surface area contributed by atoms with Crippen LogP contribution in [-0.4, -0.2) is 60.1 Å². The molecule has 0 N–H and O–H groups in total. The second-order valence-electron chi connectivity index (χ2n) is 6.97. The number of hydrogen-bond acceptors (Lipinski definition) is 11. The lowest BCUT2D eigenvalue weighted by Crippen LogP contribution is -2.31. The molecule has 1 unspecified atom stereocenters. The van der Waals surface area contributed by atoms with Crippen LogP contribution in [-0.2, 0) is 43.8 Å². The van der Waals surface area contributed by atoms with Crippen molar-refractivity contribution in [2.24, 2.45) is 0 Å². The topological polar surface area (TPSA) is 134 Å². The van der Waals surface area contributed by atoms with Gasteiger partial charge in [-0.25, -0.2) is 14.6 Å². The first-order valence-corrected chi connectivity index (χ1v) is 11.5. The Balaban J connectivity index is 2.74. The number of hydrogen-bond donors (Lipinski definition) is 0. The molecule has 0 radical (unpaired) electrons. The van der Waals surface area contributed by atoms with Crippen molar-refractivity contribution in [3.8, 4) is 12.3 Å². The zero-order valence-electron chi connectivity index (χ0n) is 19.1. The fourth-order valence-electron chi connectivity index (χ4n) is 1.99. The van der Waals surface area contributed by atoms with E-state index in [9.17, 15) is 14.2 Å². The highest BCUT2D eigenvalue weighted by atomic mass is 31.2. The van der Waals surface area contributed by atoms with E-state index in [0.29, 0.717) is 10.7 Å². The summed E-state index contributed by atoms with van der Waals surface area (Å²) in [6.07, 6.45) is 2.51. The van der Waals surface area contributed by atoms with E-state index in [1.807, 2.05) is 0 Å². The van der Waals surface area contributed by atoms with E-state index in [4.69, 9.17) is 29.7 Å². The number of imidazole rings is 1. The molecule has 1 atom stereocenters. The number of carbonyl (C=O) groups excluding carboxylic acids is 2. The number of nitrogens with zero attached hydrogens (tertiary/aromatic N) is 2. The van der Waals surface area contributed by atoms with E-state index in [-0.39, 0.29) is 6.54 Å². The number of aromatic nitrogens is 2. The molecule has 1 aromatic rings. The maximum atomic E-state index is 13.0. The molecule has 13 heteroatoms. The molecule has 1 heterocycles. The van der Waals surface area contributed by atoms with Crippen LogP contribution in [0.1, 0.15) is 27.7 Å². The molecule has 0 aliphatic carbocycles. The summed E-state index contributed by atoms with van der Waals surface area (Å²) in [5.41, 5.74) is 0. The van der Waals surface area contributed by atoms with E-state index in [1.165, 1.54) is 6.33 Å². The van der Waals surface area contributed by atoms with Gasteiger partial charge in [0.2, 0.25) is 13.6 Å². The molecule has 0 saturated carbocycles. The normalized spacial score (nSPS) is 12.3. The van der Waals surface area contributed by atoms with Gasteiger partial charge in [-0.1, -0.05) is 19.1 Å². The first-order valence-electron chi connectivity index (χ1n) is 9.77. The molecule has 1 rings (SSSR count). The van der Waals surface area contributed by atoms with Crippen LogP contribution in [0.5, 0.6) is 0 Å². The molecule has 0 amide bonds. The average molecular weight is 488 g/mol. The molecule has 0 saturated heterocycles. The third-order valence-electron chi connectivity index (χ3n) is 3.53. The predicted octanol–water partition coefficient (Wildman–Crippen LogP) is 1.94. The smallest absolute Gasteiger partial charge is 0.432 e. The van der Waals surface area contributed by atoms with Gasteiger partial charge in [0.1, 0.15) is 6.10 Å². The lowest BCUT2D eigenvalue weighted by molar-refractivity contribution is -0.0358. The molecular formula is C20H29N2O10P. The summed E-state index contributed by atoms with van der Waals surface area (Å²) in [7, 11) is -4.11. The summed E-state index contributed by atoms with van der Waals surface area (Å²) in [6.45, 7) is 12.6. The number of terminal acetylenes is 1. The fraction of sp³-hybridized carbons (Fsp3) is 0.550. The molecular weight excluding hydrogens is 459 g/mol. The van der Waals surface area contributed by atoms with Crippen LogP contribution in [0, 0.1) is 12.3 Å². The van der Waals surface area contributed by atoms with Gasteiger partial charge in [-0.05, 0) is 27.7 Å². The molecule has 0 aromatic carbocycles. The molecule has 0 spiro atoms. The van der Waals surface area contributed by atoms with Gasteiger partial charge in [0, 0.05) is 0 Å². The zero-order chi connectivity index (χ0) is 25.0. The maximum Gasteiger partial charge on any atom is 0.510 e. The highest BCUT2D eigenvalue weighted by molar-refractivity contribution is 7.53. The van der Waals surface area contributed by atoms with Gasteiger partial charge in [0.25, 0.3) is 0 Å². The average Bonchev–Trinajstić information content (AvgIpc) is 3.02. The van der Waals surface area contributed by atoms with Crippen LogP contribution in [0.15, 0.2) is 6.33 Å². The van der Waals surface area contributed by atoms with Gasteiger partial charge >= 0.3 is 19.9 Å². The Morgan fingerprint density at radius 1 is 1.09 bits per heavy atom. The lowest BCUT2D eigenvalue weighted by Gasteiger charge is -2.20. The van der Waals surface area contributed by atoms with Gasteiger partial charge in [-0.2, -0.15) is 0 Å². The Bertz CT molecular complexity index is 936. The van der Waals surface area contributed by atoms with Crippen LogP contribution in [0.2, 0.25) is 0 Å². The fourth-order valence-corrected chi connectivity index (χ4v) is 3.01. The Morgan fingerprint density at radius 2 is 1.61 bits per heavy atom. The van der Waals surface area contributed by atoms with E-state index in [0.717, 1.165) is 0 Å². The van der Waals surface area contributed by atoms with Crippen molar-refractivity contribution < 1.29 is 46.9 Å². The highest BCUT2D eigenvalue weighted by Crippen LogP contribution is 2.48. The van der Waals surface area contributed by atoms with E-state index in [2.05, 4.69) is 33.5 Å². The summed E-state index contributed by atoms with van der Waals surface area (Å²) in [4.78, 5) is 27.0. The molecule has 12 nitrogen and oxygen atoms in total. The quantitative estimate of drug-likeness (QED) is 0.175. The molecule has 33 heavy (non-hydrogen) atoms. The molecule has 0 aliphatic heterocycles. The van der Waals surface area contributed by atoms with E-state index < -0.39 is 58.2 Å². The van der Waals surface area contributed by atoms with Crippen molar-refractivity contribution >= 4 is 33.1 Å². The molecule has 0 fully saturated rings. The first kappa shape index (κ1) is 28.2. The minimum absolute atomic E-state index is 0.131. The van der Waals surface area contributed by atoms with Crippen LogP contribution in [0.4, 0.5) is 9.59 Å². The van der Waals surface area contributed by atoms with E-state index >= 15 is 0 Å². The molecule has 0 aliphatic rings. The zero-order valence-corrected chi connectivity index (χ0v) is 19.9. The van der Waals surface area contributed by atoms with Crippen LogP contribution in [0.3, 0.4) is 0 Å². The van der Waals surface area contributed by atoms with Gasteiger partial charge in [0.15, 0.2) is 6.35 Å². The predicted molar refractivity (Wildman–Crippen MR) is 116 cm³/mol. The standard InChI is InChI=1S/C20H29N2O10P/c1-8-18(9-22-10-21-16(6)17(22)7)28-13-33(25,29-11-26-19(23)31-14(2)3)30-12-27-20(24)32-15(4)5/h1,10,14-15,18H,6-7,9,11-13H2,2-5H3. The Kier molecular flexibility index (Phi) is 11.7. The van der Waals surface area contributed by atoms with Crippen molar-refractivity contribution in [1.82, 2.24) is 9.55 Å². The minimum Gasteiger partial charge on any atom is -0.432 e. The summed E-state index contributed by atoms with van der Waals surface area (Å²) < 4.78 is 49.1. The van der Waals surface area contributed by atoms with Crippen molar-refractivity contribution in [2.75, 3.05) is 19.9 Å². The molecule has 1 aromatic heterocycles. The van der Waals surface area contributed by atoms with Crippen molar-refractivity contribution in [2.45, 2.75) is 52.6 Å². The number of carbonyl (C=O) groups is 2. The summed E-state index contributed by atoms with van der Waals surface area (Å²) in [5, 5.41) is 1.00. The number of rotatable bonds is 13. The van der Waals surface area contributed by atoms with Crippen molar-refractivity contribution in [3.63, 3.8) is 0 Å². The Hall–Kier alpha value is -2.84. The van der Waals surface area contributed by atoms with Gasteiger partial charge in [-0.3, -0.25) is 13.6 Å². The second kappa shape index (κ2) is 13.6. The Morgan fingerprint density at radius 3 is 2.00 bits per heavy atom. The van der Waals surface area contributed by atoms with Crippen LogP contribution in [0.25, 0.3) is 13.2 Å². The first-order chi connectivity index (χ1) is 15.5. The SMILES string of the molecule is C#CC(Cn1cnc(=C)c1=C)OCP(=O)(OCOC(=O)OC(C)C)OCOC(=O)OC(C)C. The van der Waals surface area contributed by atoms with Gasteiger partial charge < -0.3 is 28.3 Å². The van der Waals surface area contributed by atoms with Gasteiger partial charge in [-0.15, -0.1) is 6.42 Å². The maximum absolute atomic E-state index is 13.0. The van der Waals surface area contributed by atoms with Crippen molar-refractivity contribution in [3.05, 3.63) is 17.0 Å². The second-order valence-corrected chi connectivity index (χ2v) is 8.96. The molecule has 184 valence electrons. The third-order valence-corrected chi connectivity index (χ3v) is 4.99. The van der Waals surface area contributed by atoms with Crippen molar-refractivity contribution in [1.29, 1.82) is 0 Å².